The van der Waals surface area contributed by atoms with Crippen LogP contribution in [-0.2, 0) is 11.3 Å². The molecule has 32 heavy (non-hydrogen) atoms. The summed E-state index contributed by atoms with van der Waals surface area (Å²) in [4.78, 5) is 39.9. The highest BCUT2D eigenvalue weighted by atomic mass is 16.2. The first-order valence-electron chi connectivity index (χ1n) is 11.6. The maximum atomic E-state index is 13.6. The molecule has 7 nitrogen and oxygen atoms in total. The highest BCUT2D eigenvalue weighted by molar-refractivity contribution is 5.80. The number of amides is 1. The van der Waals surface area contributed by atoms with Gasteiger partial charge in [0.25, 0.3) is 5.56 Å². The van der Waals surface area contributed by atoms with Crippen LogP contribution in [0.2, 0.25) is 0 Å². The predicted octanol–water partition coefficient (Wildman–Crippen LogP) is 3.07. The molecular formula is C25H29N5O2. The third-order valence-electron chi connectivity index (χ3n) is 6.61. The van der Waals surface area contributed by atoms with Gasteiger partial charge in [-0.25, -0.2) is 9.97 Å². The second-order valence-corrected chi connectivity index (χ2v) is 8.83. The normalized spacial score (nSPS) is 19.3. The summed E-state index contributed by atoms with van der Waals surface area (Å²) in [5.41, 5.74) is 2.17. The number of hydrogen-bond acceptors (Lipinski definition) is 5. The molecule has 2 aliphatic heterocycles. The van der Waals surface area contributed by atoms with Crippen LogP contribution in [0.1, 0.15) is 37.7 Å². The summed E-state index contributed by atoms with van der Waals surface area (Å²) in [5, 5.41) is 0. The van der Waals surface area contributed by atoms with Crippen molar-refractivity contribution in [2.45, 2.75) is 38.6 Å². The summed E-state index contributed by atoms with van der Waals surface area (Å²) < 4.78 is 1.71. The monoisotopic (exact) mass is 431 g/mol. The molecular weight excluding hydrogens is 402 g/mol. The largest absolute Gasteiger partial charge is 0.351 e. The lowest BCUT2D eigenvalue weighted by atomic mass is 9.95. The Labute approximate surface area is 187 Å². The fraction of sp³-hybridized carbons (Fsp3) is 0.440. The second-order valence-electron chi connectivity index (χ2n) is 8.83. The van der Waals surface area contributed by atoms with Crippen molar-refractivity contribution < 1.29 is 4.79 Å². The number of piperidine rings is 2. The van der Waals surface area contributed by atoms with Crippen molar-refractivity contribution in [3.63, 3.8) is 0 Å². The Morgan fingerprint density at radius 3 is 2.59 bits per heavy atom. The first-order chi connectivity index (χ1) is 15.7. The van der Waals surface area contributed by atoms with Gasteiger partial charge < -0.3 is 9.80 Å². The second kappa shape index (κ2) is 9.10. The van der Waals surface area contributed by atoms with E-state index in [1.54, 1.807) is 10.8 Å². The summed E-state index contributed by atoms with van der Waals surface area (Å²) in [6.45, 7) is 3.45. The molecule has 4 heterocycles. The Kier molecular flexibility index (Phi) is 5.88. The van der Waals surface area contributed by atoms with Crippen LogP contribution in [0, 0.1) is 5.92 Å². The summed E-state index contributed by atoms with van der Waals surface area (Å²) in [6.07, 6.45) is 6.83. The average molecular weight is 432 g/mol. The number of likely N-dealkylation sites (tertiary alicyclic amines) is 1. The van der Waals surface area contributed by atoms with Crippen molar-refractivity contribution >= 4 is 22.9 Å². The number of hydrogen-bond donors (Lipinski definition) is 0. The van der Waals surface area contributed by atoms with Crippen molar-refractivity contribution in [3.05, 3.63) is 64.6 Å². The van der Waals surface area contributed by atoms with Gasteiger partial charge in [-0.05, 0) is 49.8 Å². The van der Waals surface area contributed by atoms with Gasteiger partial charge in [0.05, 0.1) is 12.5 Å². The minimum Gasteiger partial charge on any atom is -0.351 e. The van der Waals surface area contributed by atoms with Gasteiger partial charge in [-0.15, -0.1) is 0 Å². The van der Waals surface area contributed by atoms with Gasteiger partial charge in [-0.2, -0.15) is 0 Å². The SMILES string of the molecule is O=C(C1CCCN(c2nc3cccnc3n(Cc3ccccc3)c2=O)C1)N1CCCCC1. The van der Waals surface area contributed by atoms with Gasteiger partial charge in [-0.1, -0.05) is 30.3 Å². The number of carbonyl (C=O) groups excluding carboxylic acids is 1. The molecule has 2 aliphatic rings. The molecule has 0 bridgehead atoms. The van der Waals surface area contributed by atoms with E-state index in [1.807, 2.05) is 52.3 Å². The summed E-state index contributed by atoms with van der Waals surface area (Å²) in [7, 11) is 0. The number of carbonyl (C=O) groups is 1. The standard InChI is InChI=1S/C25H29N5O2/c31-24(28-14-5-2-6-15-28)20-11-8-16-29(18-20)23-25(32)30(17-19-9-3-1-4-10-19)22-21(27-23)12-7-13-26-22/h1,3-4,7,9-10,12-13,20H,2,5-6,8,11,14-18H2. The van der Waals surface area contributed by atoms with E-state index in [-0.39, 0.29) is 17.4 Å². The molecule has 1 amide bonds. The Hall–Kier alpha value is -3.22. The lowest BCUT2D eigenvalue weighted by molar-refractivity contribution is -0.136. The van der Waals surface area contributed by atoms with Gasteiger partial charge in [0.2, 0.25) is 5.91 Å². The van der Waals surface area contributed by atoms with Crippen LogP contribution < -0.4 is 10.5 Å². The number of benzene rings is 1. The zero-order valence-corrected chi connectivity index (χ0v) is 18.3. The van der Waals surface area contributed by atoms with E-state index in [4.69, 9.17) is 4.98 Å². The molecule has 0 saturated carbocycles. The first-order valence-corrected chi connectivity index (χ1v) is 11.6. The van der Waals surface area contributed by atoms with E-state index >= 15 is 0 Å². The smallest absolute Gasteiger partial charge is 0.295 e. The average Bonchev–Trinajstić information content (AvgIpc) is 2.86. The maximum absolute atomic E-state index is 13.6. The van der Waals surface area contributed by atoms with Crippen molar-refractivity contribution in [1.82, 2.24) is 19.4 Å². The fourth-order valence-corrected chi connectivity index (χ4v) is 4.92. The van der Waals surface area contributed by atoms with Crippen LogP contribution >= 0.6 is 0 Å². The number of fused-ring (bicyclic) bond motifs is 1. The van der Waals surface area contributed by atoms with Crippen LogP contribution in [0.3, 0.4) is 0 Å². The fourth-order valence-electron chi connectivity index (χ4n) is 4.92. The van der Waals surface area contributed by atoms with Crippen molar-refractivity contribution in [3.8, 4) is 0 Å². The van der Waals surface area contributed by atoms with E-state index in [2.05, 4.69) is 4.98 Å². The van der Waals surface area contributed by atoms with E-state index in [1.165, 1.54) is 6.42 Å². The number of anilines is 1. The quantitative estimate of drug-likeness (QED) is 0.635. The Balaban J connectivity index is 1.47. The number of pyridine rings is 1. The Morgan fingerprint density at radius 2 is 1.78 bits per heavy atom. The first kappa shape index (κ1) is 20.7. The highest BCUT2D eigenvalue weighted by Gasteiger charge is 2.31. The van der Waals surface area contributed by atoms with E-state index in [0.29, 0.717) is 30.1 Å². The van der Waals surface area contributed by atoms with Crippen molar-refractivity contribution in [1.29, 1.82) is 0 Å². The number of nitrogens with zero attached hydrogens (tertiary/aromatic N) is 5. The molecule has 5 rings (SSSR count). The lowest BCUT2D eigenvalue weighted by Gasteiger charge is -2.36. The summed E-state index contributed by atoms with van der Waals surface area (Å²) >= 11 is 0. The summed E-state index contributed by atoms with van der Waals surface area (Å²) in [5.74, 6) is 0.592. The van der Waals surface area contributed by atoms with Crippen LogP contribution in [0.5, 0.6) is 0 Å². The predicted molar refractivity (Wildman–Crippen MR) is 125 cm³/mol. The van der Waals surface area contributed by atoms with Crippen LogP contribution in [-0.4, -0.2) is 51.5 Å². The molecule has 1 atom stereocenters. The molecule has 1 unspecified atom stereocenters. The van der Waals surface area contributed by atoms with Gasteiger partial charge in [0.1, 0.15) is 5.52 Å². The van der Waals surface area contributed by atoms with Gasteiger partial charge in [0, 0.05) is 32.4 Å². The molecule has 0 N–H and O–H groups in total. The van der Waals surface area contributed by atoms with E-state index in [9.17, 15) is 9.59 Å². The zero-order valence-electron chi connectivity index (χ0n) is 18.3. The lowest BCUT2D eigenvalue weighted by Crippen LogP contribution is -2.48. The third kappa shape index (κ3) is 4.11. The summed E-state index contributed by atoms with van der Waals surface area (Å²) in [6, 6.07) is 13.7. The number of rotatable bonds is 4. The molecule has 166 valence electrons. The van der Waals surface area contributed by atoms with Gasteiger partial charge in [0.15, 0.2) is 11.5 Å². The molecule has 7 heteroatoms. The van der Waals surface area contributed by atoms with E-state index < -0.39 is 0 Å². The molecule has 1 aromatic carbocycles. The van der Waals surface area contributed by atoms with E-state index in [0.717, 1.165) is 50.9 Å². The number of aromatic nitrogens is 3. The van der Waals surface area contributed by atoms with Gasteiger partial charge >= 0.3 is 0 Å². The van der Waals surface area contributed by atoms with Crippen LogP contribution in [0.4, 0.5) is 5.82 Å². The maximum Gasteiger partial charge on any atom is 0.295 e. The Morgan fingerprint density at radius 1 is 0.969 bits per heavy atom. The van der Waals surface area contributed by atoms with Crippen LogP contribution in [0.25, 0.3) is 11.2 Å². The highest BCUT2D eigenvalue weighted by Crippen LogP contribution is 2.24. The third-order valence-corrected chi connectivity index (χ3v) is 6.61. The topological polar surface area (TPSA) is 71.3 Å². The van der Waals surface area contributed by atoms with Crippen molar-refractivity contribution in [2.24, 2.45) is 5.92 Å². The minimum absolute atomic E-state index is 0.0739. The molecule has 0 spiro atoms. The molecule has 0 radical (unpaired) electrons. The van der Waals surface area contributed by atoms with Crippen molar-refractivity contribution in [2.75, 3.05) is 31.1 Å². The molecule has 2 fully saturated rings. The molecule has 2 saturated heterocycles. The van der Waals surface area contributed by atoms with Crippen LogP contribution in [0.15, 0.2) is 53.5 Å². The van der Waals surface area contributed by atoms with Gasteiger partial charge in [-0.3, -0.25) is 14.2 Å². The molecule has 0 aliphatic carbocycles. The zero-order chi connectivity index (χ0) is 21.9. The molecule has 2 aromatic heterocycles. The Bertz CT molecular complexity index is 1150. The minimum atomic E-state index is -0.147. The molecule has 3 aromatic rings.